The molecule has 3 N–H and O–H groups in total. The predicted molar refractivity (Wildman–Crippen MR) is 189 cm³/mol. The third-order valence-electron chi connectivity index (χ3n) is 9.10. The highest BCUT2D eigenvalue weighted by Crippen LogP contribution is 2.34. The van der Waals surface area contributed by atoms with Gasteiger partial charge < -0.3 is 30.5 Å². The monoisotopic (exact) mass is 633 g/mol. The molecule has 8 nitrogen and oxygen atoms in total. The Balaban J connectivity index is 1.71. The molecule has 1 aliphatic carbocycles. The van der Waals surface area contributed by atoms with E-state index in [1.165, 1.54) is 19.3 Å². The minimum atomic E-state index is -0.584. The maximum atomic E-state index is 13.5. The van der Waals surface area contributed by atoms with E-state index >= 15 is 0 Å². The summed E-state index contributed by atoms with van der Waals surface area (Å²) in [5.74, 6) is 0.640. The highest BCUT2D eigenvalue weighted by Gasteiger charge is 2.35. The van der Waals surface area contributed by atoms with E-state index in [2.05, 4.69) is 61.0 Å². The number of likely N-dealkylation sites (tertiary alicyclic amines) is 1. The van der Waals surface area contributed by atoms with Crippen LogP contribution < -0.4 is 16.0 Å². The molecule has 46 heavy (non-hydrogen) atoms. The van der Waals surface area contributed by atoms with Gasteiger partial charge >= 0.3 is 6.09 Å². The number of ether oxygens (including phenoxy) is 1. The van der Waals surface area contributed by atoms with Crippen molar-refractivity contribution < 1.29 is 14.3 Å². The Kier molecular flexibility index (Phi) is 13.0. The molecule has 2 amide bonds. The number of hydrogen-bond donors (Lipinski definition) is 3. The van der Waals surface area contributed by atoms with Crippen LogP contribution in [0.3, 0.4) is 0 Å². The molecule has 3 rings (SSSR count). The Labute approximate surface area is 278 Å². The average Bonchev–Trinajstić information content (AvgIpc) is 3.44. The number of alkyl carbamates (subject to hydrolysis) is 1. The summed E-state index contributed by atoms with van der Waals surface area (Å²) in [6.07, 6.45) is 6.24. The molecule has 0 spiro atoms. The number of carbonyl (C=O) groups excluding carboxylic acids is 2. The van der Waals surface area contributed by atoms with E-state index in [1.54, 1.807) is 0 Å². The number of likely N-dealkylation sites (N-methyl/N-ethyl adjacent to an activating group) is 1. The zero-order valence-electron chi connectivity index (χ0n) is 29.5. The molecule has 1 saturated heterocycles. The minimum Gasteiger partial charge on any atom is -0.444 e. The number of amides is 2. The Hall–Kier alpha value is -3.68. The lowest BCUT2D eigenvalue weighted by molar-refractivity contribution is -0.121. The first-order chi connectivity index (χ1) is 21.6. The van der Waals surface area contributed by atoms with E-state index < -0.39 is 11.7 Å². The van der Waals surface area contributed by atoms with Gasteiger partial charge in [-0.1, -0.05) is 89.8 Å². The number of rotatable bonds is 16. The molecule has 1 aliphatic heterocycles. The lowest BCUT2D eigenvalue weighted by Crippen LogP contribution is -2.49. The maximum absolute atomic E-state index is 13.5. The summed E-state index contributed by atoms with van der Waals surface area (Å²) in [5.41, 5.74) is 3.81. The number of nitrogens with zero attached hydrogens (tertiary/aromatic N) is 2. The zero-order chi connectivity index (χ0) is 34.2. The quantitative estimate of drug-likeness (QED) is 0.169. The van der Waals surface area contributed by atoms with Crippen molar-refractivity contribution in [2.24, 2.45) is 11.8 Å². The van der Waals surface area contributed by atoms with Gasteiger partial charge in [-0.25, -0.2) is 4.79 Å². The van der Waals surface area contributed by atoms with Crippen LogP contribution in [0.1, 0.15) is 91.2 Å². The fourth-order valence-corrected chi connectivity index (χ4v) is 6.23. The molecule has 2 fully saturated rings. The number of nitrogens with one attached hydrogen (secondary N) is 3. The van der Waals surface area contributed by atoms with E-state index in [-0.39, 0.29) is 42.4 Å². The molecule has 8 heteroatoms. The van der Waals surface area contributed by atoms with Crippen LogP contribution in [-0.4, -0.2) is 66.2 Å². The fraction of sp³-hybridized carbons (Fsp3) is 0.579. The van der Waals surface area contributed by atoms with Crippen molar-refractivity contribution in [2.75, 3.05) is 20.6 Å². The van der Waals surface area contributed by atoms with Crippen LogP contribution >= 0.6 is 0 Å². The van der Waals surface area contributed by atoms with Crippen molar-refractivity contribution in [3.63, 3.8) is 0 Å². The summed E-state index contributed by atoms with van der Waals surface area (Å²) in [6.45, 7) is 28.2. The largest absolute Gasteiger partial charge is 0.444 e. The van der Waals surface area contributed by atoms with Gasteiger partial charge in [-0.2, -0.15) is 0 Å². The fourth-order valence-electron chi connectivity index (χ4n) is 6.23. The molecule has 4 atom stereocenters. The first kappa shape index (κ1) is 36.8. The van der Waals surface area contributed by atoms with E-state index in [9.17, 15) is 9.59 Å². The number of hydrogen-bond acceptors (Lipinski definition) is 6. The summed E-state index contributed by atoms with van der Waals surface area (Å²) in [7, 11) is 3.87. The molecule has 0 aromatic heterocycles. The van der Waals surface area contributed by atoms with Crippen molar-refractivity contribution in [3.05, 3.63) is 84.9 Å². The van der Waals surface area contributed by atoms with E-state index in [0.29, 0.717) is 5.92 Å². The third kappa shape index (κ3) is 10.4. The molecule has 0 radical (unpaired) electrons. The van der Waals surface area contributed by atoms with Crippen LogP contribution in [-0.2, 0) is 9.53 Å². The molecule has 0 bridgehead atoms. The highest BCUT2D eigenvalue weighted by molar-refractivity contribution is 5.79. The first-order valence-corrected chi connectivity index (χ1v) is 16.9. The average molecular weight is 634 g/mol. The van der Waals surface area contributed by atoms with Crippen molar-refractivity contribution in [1.82, 2.24) is 25.8 Å². The van der Waals surface area contributed by atoms with E-state index in [4.69, 9.17) is 4.74 Å². The molecule has 1 heterocycles. The molecular formula is C38H59N5O3. The Morgan fingerprint density at radius 2 is 1.63 bits per heavy atom. The summed E-state index contributed by atoms with van der Waals surface area (Å²) < 4.78 is 5.55. The van der Waals surface area contributed by atoms with Gasteiger partial charge in [-0.3, -0.25) is 4.79 Å². The van der Waals surface area contributed by atoms with E-state index in [1.807, 2.05) is 70.1 Å². The second kappa shape index (κ2) is 16.2. The minimum absolute atomic E-state index is 0.0191. The van der Waals surface area contributed by atoms with E-state index in [0.717, 1.165) is 54.0 Å². The van der Waals surface area contributed by atoms with Crippen LogP contribution in [0.25, 0.3) is 0 Å². The van der Waals surface area contributed by atoms with Gasteiger partial charge in [0.25, 0.3) is 0 Å². The van der Waals surface area contributed by atoms with Crippen molar-refractivity contribution in [2.45, 2.75) is 109 Å². The molecular weight excluding hydrogens is 574 g/mol. The molecule has 1 aromatic rings. The summed E-state index contributed by atoms with van der Waals surface area (Å²) in [6, 6.07) is 9.26. The normalized spacial score (nSPS) is 18.5. The van der Waals surface area contributed by atoms with Gasteiger partial charge in [-0.15, -0.1) is 0 Å². The van der Waals surface area contributed by atoms with Crippen LogP contribution in [0, 0.1) is 11.8 Å². The van der Waals surface area contributed by atoms with Crippen LogP contribution in [0.4, 0.5) is 4.79 Å². The van der Waals surface area contributed by atoms with Crippen molar-refractivity contribution >= 4 is 12.0 Å². The molecule has 1 saturated carbocycles. The summed E-state index contributed by atoms with van der Waals surface area (Å²) >= 11 is 0. The predicted octanol–water partition coefficient (Wildman–Crippen LogP) is 7.06. The topological polar surface area (TPSA) is 85.9 Å². The maximum Gasteiger partial charge on any atom is 0.408 e. The Bertz CT molecular complexity index is 1240. The molecule has 254 valence electrons. The Morgan fingerprint density at radius 3 is 2.17 bits per heavy atom. The van der Waals surface area contributed by atoms with Gasteiger partial charge in [0.15, 0.2) is 0 Å². The lowest BCUT2D eigenvalue weighted by atomic mass is 9.79. The summed E-state index contributed by atoms with van der Waals surface area (Å²) in [5, 5.41) is 9.98. The second-order valence-electron chi connectivity index (χ2n) is 14.6. The van der Waals surface area contributed by atoms with Crippen LogP contribution in [0.5, 0.6) is 0 Å². The molecule has 4 unspecified atom stereocenters. The summed E-state index contributed by atoms with van der Waals surface area (Å²) in [4.78, 5) is 30.4. The SMILES string of the molecule is C=C(CC(=O)NC(C(=C)N(C)C)c1ccccc1)C(CC1CCC1)NC(=C)C1CCCN1C(=C)C(NC(=O)OC(C)(C)C)C(C)C. The van der Waals surface area contributed by atoms with Gasteiger partial charge in [0.1, 0.15) is 5.60 Å². The number of benzene rings is 1. The smallest absolute Gasteiger partial charge is 0.408 e. The standard InChI is InChI=1S/C38H59N5O3/c1-25(2)35(41-37(45)46-38(7,8)9)29(6)43-22-16-21-33(43)27(4)39-32(24-30-17-15-18-30)26(3)23-34(44)40-36(28(5)42(10)11)31-19-13-12-14-20-31/h12-14,19-20,25,30,32-33,35-36,39H,3-6,15-18,21-24H2,1-2,7-11H3,(H,40,44)(H,41,45). The van der Waals surface area contributed by atoms with Crippen molar-refractivity contribution in [3.8, 4) is 0 Å². The van der Waals surface area contributed by atoms with Crippen molar-refractivity contribution in [1.29, 1.82) is 0 Å². The molecule has 1 aromatic carbocycles. The third-order valence-corrected chi connectivity index (χ3v) is 9.10. The lowest BCUT2D eigenvalue weighted by Gasteiger charge is -2.38. The highest BCUT2D eigenvalue weighted by atomic mass is 16.6. The van der Waals surface area contributed by atoms with Crippen LogP contribution in [0.2, 0.25) is 0 Å². The Morgan fingerprint density at radius 1 is 0.978 bits per heavy atom. The van der Waals surface area contributed by atoms with Gasteiger partial charge in [0, 0.05) is 50.2 Å². The first-order valence-electron chi connectivity index (χ1n) is 16.9. The number of carbonyl (C=O) groups is 2. The van der Waals surface area contributed by atoms with Gasteiger partial charge in [0.2, 0.25) is 5.91 Å². The van der Waals surface area contributed by atoms with Gasteiger partial charge in [0.05, 0.1) is 18.1 Å². The van der Waals surface area contributed by atoms with Crippen LogP contribution in [0.15, 0.2) is 79.3 Å². The zero-order valence-corrected chi connectivity index (χ0v) is 29.5. The van der Waals surface area contributed by atoms with Gasteiger partial charge in [-0.05, 0) is 63.0 Å². The molecule has 2 aliphatic rings. The second-order valence-corrected chi connectivity index (χ2v) is 14.6.